The summed E-state index contributed by atoms with van der Waals surface area (Å²) in [7, 11) is -3.43. The number of aromatic amines is 1. The van der Waals surface area contributed by atoms with Gasteiger partial charge in [-0.15, -0.1) is 0 Å². The van der Waals surface area contributed by atoms with Crippen molar-refractivity contribution in [3.63, 3.8) is 0 Å². The summed E-state index contributed by atoms with van der Waals surface area (Å²) in [5.74, 6) is -0.509. The molecule has 3 aromatic heterocycles. The number of aromatic nitrogens is 3. The van der Waals surface area contributed by atoms with Crippen molar-refractivity contribution in [2.24, 2.45) is 0 Å². The molecular weight excluding hydrogens is 491 g/mol. The van der Waals surface area contributed by atoms with Crippen LogP contribution in [0.2, 0.25) is 0 Å². The fraction of sp³-hybridized carbons (Fsp3) is 0.0741. The molecule has 0 saturated carbocycles. The highest BCUT2D eigenvalue weighted by molar-refractivity contribution is 7.88. The Balaban J connectivity index is 1.54. The Morgan fingerprint density at radius 2 is 1.78 bits per heavy atom. The summed E-state index contributed by atoms with van der Waals surface area (Å²) in [4.78, 5) is 11.8. The van der Waals surface area contributed by atoms with Crippen LogP contribution in [0.25, 0.3) is 33.3 Å². The van der Waals surface area contributed by atoms with Crippen LogP contribution in [-0.4, -0.2) is 35.3 Å². The molecule has 0 saturated heterocycles. The van der Waals surface area contributed by atoms with Gasteiger partial charge >= 0.3 is 0 Å². The molecule has 2 aromatic carbocycles. The number of sulfonamides is 1. The predicted molar refractivity (Wildman–Crippen MR) is 143 cm³/mol. The van der Waals surface area contributed by atoms with Crippen molar-refractivity contribution in [3.8, 4) is 22.4 Å². The maximum Gasteiger partial charge on any atom is 0.209 e. The van der Waals surface area contributed by atoms with Gasteiger partial charge in [0.1, 0.15) is 5.82 Å². The Kier molecular flexibility index (Phi) is 6.28. The summed E-state index contributed by atoms with van der Waals surface area (Å²) in [5, 5.41) is 9.58. The van der Waals surface area contributed by atoms with E-state index in [1.54, 1.807) is 42.9 Å². The van der Waals surface area contributed by atoms with Crippen LogP contribution in [-0.2, 0) is 16.6 Å². The second-order valence-electron chi connectivity index (χ2n) is 8.66. The number of halogens is 1. The van der Waals surface area contributed by atoms with E-state index in [2.05, 4.69) is 19.7 Å². The summed E-state index contributed by atoms with van der Waals surface area (Å²) in [6.07, 6.45) is 6.06. The van der Waals surface area contributed by atoms with E-state index >= 15 is 0 Å². The van der Waals surface area contributed by atoms with E-state index in [9.17, 15) is 12.8 Å². The van der Waals surface area contributed by atoms with E-state index in [1.807, 2.05) is 24.3 Å². The molecule has 5 aromatic rings. The number of rotatable bonds is 7. The van der Waals surface area contributed by atoms with Crippen LogP contribution in [0.15, 0.2) is 79.3 Å². The van der Waals surface area contributed by atoms with Crippen LogP contribution in [0.3, 0.4) is 0 Å². The minimum Gasteiger partial charge on any atom is -0.398 e. The van der Waals surface area contributed by atoms with E-state index < -0.39 is 15.8 Å². The lowest BCUT2D eigenvalue weighted by molar-refractivity contribution is 0.586. The van der Waals surface area contributed by atoms with Crippen molar-refractivity contribution in [2.75, 3.05) is 12.0 Å². The van der Waals surface area contributed by atoms with Gasteiger partial charge < -0.3 is 10.7 Å². The molecule has 0 fully saturated rings. The summed E-state index contributed by atoms with van der Waals surface area (Å²) < 4.78 is 39.8. The topological polar surface area (TPSA) is 138 Å². The molecule has 0 spiro atoms. The first-order chi connectivity index (χ1) is 17.7. The first-order valence-corrected chi connectivity index (χ1v) is 13.2. The molecule has 5 rings (SSSR count). The largest absolute Gasteiger partial charge is 0.398 e. The van der Waals surface area contributed by atoms with Gasteiger partial charge in [-0.3, -0.25) is 15.4 Å². The van der Waals surface area contributed by atoms with Gasteiger partial charge in [0.05, 0.1) is 23.4 Å². The quantitative estimate of drug-likeness (QED) is 0.187. The first kappa shape index (κ1) is 24.3. The predicted octanol–water partition coefficient (Wildman–Crippen LogP) is 4.48. The molecule has 0 aliphatic carbocycles. The third kappa shape index (κ3) is 5.25. The van der Waals surface area contributed by atoms with Gasteiger partial charge in [-0.05, 0) is 71.3 Å². The fourth-order valence-corrected chi connectivity index (χ4v) is 4.59. The van der Waals surface area contributed by atoms with Gasteiger partial charge in [0.2, 0.25) is 10.0 Å². The minimum atomic E-state index is -3.43. The number of H-pyrrole nitrogens is 1. The number of pyridine rings is 2. The molecule has 0 radical (unpaired) electrons. The lowest BCUT2D eigenvalue weighted by Crippen LogP contribution is -2.21. The summed E-state index contributed by atoms with van der Waals surface area (Å²) in [5.41, 5.74) is 12.0. The molecule has 186 valence electrons. The maximum absolute atomic E-state index is 14.4. The number of hydrogen-bond acceptors (Lipinski definition) is 6. The summed E-state index contributed by atoms with van der Waals surface area (Å²) >= 11 is 0. The van der Waals surface area contributed by atoms with Crippen molar-refractivity contribution in [3.05, 3.63) is 102 Å². The van der Waals surface area contributed by atoms with Crippen molar-refractivity contribution >= 4 is 32.3 Å². The zero-order valence-corrected chi connectivity index (χ0v) is 20.6. The number of nitrogens with zero attached hydrogens (tertiary/aromatic N) is 2. The van der Waals surface area contributed by atoms with E-state index in [0.29, 0.717) is 44.7 Å². The first-order valence-electron chi connectivity index (χ1n) is 11.3. The number of nitrogens with one attached hydrogen (secondary N) is 3. The second kappa shape index (κ2) is 9.57. The van der Waals surface area contributed by atoms with Gasteiger partial charge in [0.25, 0.3) is 0 Å². The molecule has 0 bridgehead atoms. The highest BCUT2D eigenvalue weighted by Gasteiger charge is 2.16. The Hall–Kier alpha value is -4.41. The Labute approximate surface area is 213 Å². The van der Waals surface area contributed by atoms with E-state index in [-0.39, 0.29) is 12.3 Å². The molecular formula is C27H23FN6O2S. The van der Waals surface area contributed by atoms with Crippen LogP contribution < -0.4 is 10.5 Å². The molecule has 0 unspecified atom stereocenters. The molecule has 0 aliphatic heterocycles. The third-order valence-electron chi connectivity index (χ3n) is 5.92. The normalized spacial score (nSPS) is 11.6. The molecule has 10 heteroatoms. The number of hydrogen-bond donors (Lipinski definition) is 4. The number of fused-ring (bicyclic) bond motifs is 1. The van der Waals surface area contributed by atoms with E-state index in [0.717, 1.165) is 17.4 Å². The number of benzene rings is 2. The van der Waals surface area contributed by atoms with Gasteiger partial charge in [0, 0.05) is 52.9 Å². The Morgan fingerprint density at radius 3 is 2.54 bits per heavy atom. The zero-order valence-electron chi connectivity index (χ0n) is 19.8. The number of anilines is 1. The smallest absolute Gasteiger partial charge is 0.209 e. The maximum atomic E-state index is 14.4. The lowest BCUT2D eigenvalue weighted by atomic mass is 9.98. The Morgan fingerprint density at radius 1 is 1.00 bits per heavy atom. The molecule has 5 N–H and O–H groups in total. The molecule has 0 atom stereocenters. The van der Waals surface area contributed by atoms with E-state index in [1.165, 1.54) is 12.1 Å². The minimum absolute atomic E-state index is 0.0459. The summed E-state index contributed by atoms with van der Waals surface area (Å²) in [6.45, 7) is -0.0459. The van der Waals surface area contributed by atoms with Gasteiger partial charge in [-0.25, -0.2) is 17.5 Å². The van der Waals surface area contributed by atoms with Crippen LogP contribution in [0, 0.1) is 11.2 Å². The van der Waals surface area contributed by atoms with Crippen LogP contribution in [0.5, 0.6) is 0 Å². The highest BCUT2D eigenvalue weighted by atomic mass is 32.2. The average molecular weight is 515 g/mol. The zero-order chi connectivity index (χ0) is 26.2. The van der Waals surface area contributed by atoms with E-state index in [4.69, 9.17) is 11.1 Å². The second-order valence-corrected chi connectivity index (χ2v) is 10.5. The van der Waals surface area contributed by atoms with Gasteiger partial charge in [-0.2, -0.15) is 0 Å². The van der Waals surface area contributed by atoms with Crippen molar-refractivity contribution in [1.82, 2.24) is 19.7 Å². The molecule has 0 aliphatic rings. The van der Waals surface area contributed by atoms with Crippen molar-refractivity contribution in [2.45, 2.75) is 6.54 Å². The molecule has 8 nitrogen and oxygen atoms in total. The average Bonchev–Trinajstić information content (AvgIpc) is 3.32. The molecule has 0 amide bonds. The Bertz CT molecular complexity index is 1750. The summed E-state index contributed by atoms with van der Waals surface area (Å²) in [6, 6.07) is 17.2. The third-order valence-corrected chi connectivity index (χ3v) is 6.59. The van der Waals surface area contributed by atoms with Gasteiger partial charge in [0.15, 0.2) is 0 Å². The molecule has 37 heavy (non-hydrogen) atoms. The van der Waals surface area contributed by atoms with Crippen molar-refractivity contribution < 1.29 is 12.8 Å². The SMILES string of the molecule is CS(=O)(=O)NCc1cc(F)cc(-c2nccc3[nH]c(C(=N)c4cc(-c5ccncc5)ccc4N)cc23)c1. The van der Waals surface area contributed by atoms with Gasteiger partial charge in [-0.1, -0.05) is 6.07 Å². The highest BCUT2D eigenvalue weighted by Crippen LogP contribution is 2.31. The molecule has 3 heterocycles. The number of nitrogens with two attached hydrogens (primary N) is 1. The number of nitrogen functional groups attached to an aromatic ring is 1. The van der Waals surface area contributed by atoms with Crippen molar-refractivity contribution in [1.29, 1.82) is 5.41 Å². The van der Waals surface area contributed by atoms with Crippen LogP contribution in [0.4, 0.5) is 10.1 Å². The van der Waals surface area contributed by atoms with Crippen LogP contribution >= 0.6 is 0 Å². The standard InChI is InChI=1S/C27H23FN6O2S/c1-37(35,36)33-15-16-10-19(12-20(28)11-16)27-22-14-25(34-24(22)6-9-32-27)26(30)21-13-18(2-3-23(21)29)17-4-7-31-8-5-17/h2-14,30,33-34H,15,29H2,1H3. The van der Waals surface area contributed by atoms with Crippen LogP contribution in [0.1, 0.15) is 16.8 Å². The lowest BCUT2D eigenvalue weighted by Gasteiger charge is -2.09. The fourth-order valence-electron chi connectivity index (χ4n) is 4.16. The monoisotopic (exact) mass is 514 g/mol.